The van der Waals surface area contributed by atoms with E-state index in [-0.39, 0.29) is 13.2 Å². The molecule has 1 heterocycles. The molecule has 17 heavy (non-hydrogen) atoms. The van der Waals surface area contributed by atoms with Gasteiger partial charge in [-0.05, 0) is 5.56 Å². The topological polar surface area (TPSA) is 79.2 Å². The van der Waals surface area contributed by atoms with Gasteiger partial charge in [0.25, 0.3) is 0 Å². The van der Waals surface area contributed by atoms with Gasteiger partial charge in [0.2, 0.25) is 0 Å². The molecular weight excluding hydrogens is 224 g/mol. The van der Waals surface area contributed by atoms with Gasteiger partial charge in [0, 0.05) is 0 Å². The molecule has 0 bridgehead atoms. The number of hydrogen-bond acceptors (Lipinski definition) is 5. The van der Waals surface area contributed by atoms with E-state index in [1.807, 2.05) is 30.3 Å². The average Bonchev–Trinajstić information content (AvgIpc) is 2.63. The lowest BCUT2D eigenvalue weighted by Gasteiger charge is -2.17. The molecule has 0 radical (unpaired) electrons. The smallest absolute Gasteiger partial charge is 0.184 e. The van der Waals surface area contributed by atoms with Gasteiger partial charge in [-0.25, -0.2) is 0 Å². The minimum atomic E-state index is -1.20. The molecule has 1 aromatic carbocycles. The highest BCUT2D eigenvalue weighted by Crippen LogP contribution is 2.23. The maximum atomic E-state index is 9.73. The van der Waals surface area contributed by atoms with E-state index in [1.54, 1.807) is 0 Å². The van der Waals surface area contributed by atoms with Crippen LogP contribution in [0.4, 0.5) is 0 Å². The monoisotopic (exact) mass is 240 g/mol. The highest BCUT2D eigenvalue weighted by molar-refractivity contribution is 5.13. The van der Waals surface area contributed by atoms with Crippen molar-refractivity contribution in [2.45, 2.75) is 31.2 Å². The molecule has 0 aliphatic carbocycles. The van der Waals surface area contributed by atoms with Crippen LogP contribution in [0.1, 0.15) is 5.56 Å². The maximum absolute atomic E-state index is 9.73. The van der Waals surface area contributed by atoms with Crippen molar-refractivity contribution in [3.05, 3.63) is 35.9 Å². The molecule has 0 aromatic heterocycles. The molecule has 5 heteroatoms. The number of benzene rings is 1. The quantitative estimate of drug-likeness (QED) is 0.670. The van der Waals surface area contributed by atoms with E-state index in [0.29, 0.717) is 0 Å². The van der Waals surface area contributed by atoms with Gasteiger partial charge in [-0.3, -0.25) is 0 Å². The molecule has 1 saturated heterocycles. The molecule has 0 unspecified atom stereocenters. The van der Waals surface area contributed by atoms with Gasteiger partial charge in [-0.1, -0.05) is 30.3 Å². The van der Waals surface area contributed by atoms with Crippen LogP contribution < -0.4 is 0 Å². The van der Waals surface area contributed by atoms with E-state index in [0.717, 1.165) is 5.56 Å². The number of aliphatic hydroxyl groups is 3. The van der Waals surface area contributed by atoms with Crippen molar-refractivity contribution in [3.63, 3.8) is 0 Å². The van der Waals surface area contributed by atoms with Crippen LogP contribution in [0.2, 0.25) is 0 Å². The van der Waals surface area contributed by atoms with Crippen molar-refractivity contribution >= 4 is 0 Å². The van der Waals surface area contributed by atoms with Crippen molar-refractivity contribution in [3.8, 4) is 0 Å². The minimum absolute atomic E-state index is 0.279. The molecule has 94 valence electrons. The molecule has 0 amide bonds. The maximum Gasteiger partial charge on any atom is 0.184 e. The second kappa shape index (κ2) is 5.57. The SMILES string of the molecule is OC[C@H]1O[C@H](O)[C@@H](OCc2ccccc2)[C@H]1O. The third kappa shape index (κ3) is 2.83. The van der Waals surface area contributed by atoms with Gasteiger partial charge in [0.05, 0.1) is 13.2 Å². The first-order valence-corrected chi connectivity index (χ1v) is 5.50. The van der Waals surface area contributed by atoms with Gasteiger partial charge in [0.1, 0.15) is 18.3 Å². The molecule has 1 aromatic rings. The molecule has 0 spiro atoms. The second-order valence-corrected chi connectivity index (χ2v) is 4.00. The molecule has 4 atom stereocenters. The minimum Gasteiger partial charge on any atom is -0.394 e. The molecule has 1 aliphatic heterocycles. The van der Waals surface area contributed by atoms with Crippen LogP contribution in [0, 0.1) is 0 Å². The standard InChI is InChI=1S/C12H16O5/c13-6-9-10(14)11(12(15)17-9)16-7-8-4-2-1-3-5-8/h1-5,9-15H,6-7H2/t9-,10+,11+,12+/m1/s1. The third-order valence-corrected chi connectivity index (χ3v) is 2.78. The van der Waals surface area contributed by atoms with Crippen molar-refractivity contribution in [2.24, 2.45) is 0 Å². The summed E-state index contributed by atoms with van der Waals surface area (Å²) in [5.74, 6) is 0. The largest absolute Gasteiger partial charge is 0.394 e. The van der Waals surface area contributed by atoms with Gasteiger partial charge >= 0.3 is 0 Å². The Hall–Kier alpha value is -0.980. The Kier molecular flexibility index (Phi) is 4.09. The van der Waals surface area contributed by atoms with E-state index in [4.69, 9.17) is 14.6 Å². The summed E-state index contributed by atoms with van der Waals surface area (Å²) in [4.78, 5) is 0. The number of ether oxygens (including phenoxy) is 2. The Labute approximate surface area is 99.2 Å². The van der Waals surface area contributed by atoms with Gasteiger partial charge in [0.15, 0.2) is 6.29 Å². The van der Waals surface area contributed by atoms with Gasteiger partial charge < -0.3 is 24.8 Å². The first-order chi connectivity index (χ1) is 8.22. The average molecular weight is 240 g/mol. The van der Waals surface area contributed by atoms with Crippen molar-refractivity contribution < 1.29 is 24.8 Å². The normalized spacial score (nSPS) is 32.9. The number of hydrogen-bond donors (Lipinski definition) is 3. The molecule has 1 fully saturated rings. The van der Waals surface area contributed by atoms with Crippen LogP contribution >= 0.6 is 0 Å². The summed E-state index contributed by atoms with van der Waals surface area (Å²) in [6.45, 7) is -0.0649. The van der Waals surface area contributed by atoms with E-state index >= 15 is 0 Å². The Morgan fingerprint density at radius 3 is 2.47 bits per heavy atom. The van der Waals surface area contributed by atoms with Crippen molar-refractivity contribution in [1.29, 1.82) is 0 Å². The zero-order valence-electron chi connectivity index (χ0n) is 9.27. The third-order valence-electron chi connectivity index (χ3n) is 2.78. The van der Waals surface area contributed by atoms with Crippen LogP contribution in [-0.2, 0) is 16.1 Å². The van der Waals surface area contributed by atoms with Crippen molar-refractivity contribution in [1.82, 2.24) is 0 Å². The number of aliphatic hydroxyl groups excluding tert-OH is 3. The highest BCUT2D eigenvalue weighted by atomic mass is 16.7. The van der Waals surface area contributed by atoms with Gasteiger partial charge in [-0.2, -0.15) is 0 Å². The molecule has 2 rings (SSSR count). The Morgan fingerprint density at radius 1 is 1.18 bits per heavy atom. The molecule has 1 aliphatic rings. The highest BCUT2D eigenvalue weighted by Gasteiger charge is 2.43. The van der Waals surface area contributed by atoms with E-state index in [1.165, 1.54) is 0 Å². The molecule has 0 saturated carbocycles. The van der Waals surface area contributed by atoms with Crippen molar-refractivity contribution in [2.75, 3.05) is 6.61 Å². The molecule has 3 N–H and O–H groups in total. The molecule has 5 nitrogen and oxygen atoms in total. The van der Waals surface area contributed by atoms with E-state index in [2.05, 4.69) is 0 Å². The summed E-state index contributed by atoms with van der Waals surface area (Å²) < 4.78 is 10.4. The summed E-state index contributed by atoms with van der Waals surface area (Å²) >= 11 is 0. The zero-order valence-corrected chi connectivity index (χ0v) is 9.27. The van der Waals surface area contributed by atoms with E-state index < -0.39 is 24.6 Å². The lowest BCUT2D eigenvalue weighted by molar-refractivity contribution is -0.150. The predicted octanol–water partition coefficient (Wildman–Crippen LogP) is -0.358. The summed E-state index contributed by atoms with van der Waals surface area (Å²) in [6, 6.07) is 9.43. The first kappa shape index (κ1) is 12.5. The van der Waals surface area contributed by atoms with Gasteiger partial charge in [-0.15, -0.1) is 0 Å². The number of rotatable bonds is 4. The van der Waals surface area contributed by atoms with E-state index in [9.17, 15) is 10.2 Å². The summed E-state index contributed by atoms with van der Waals surface area (Å²) in [5.41, 5.74) is 0.944. The van der Waals surface area contributed by atoms with Crippen LogP contribution in [0.3, 0.4) is 0 Å². The fourth-order valence-corrected chi connectivity index (χ4v) is 1.82. The van der Waals surface area contributed by atoms with Crippen LogP contribution in [0.25, 0.3) is 0 Å². The fourth-order valence-electron chi connectivity index (χ4n) is 1.82. The fraction of sp³-hybridized carbons (Fsp3) is 0.500. The Morgan fingerprint density at radius 2 is 1.88 bits per heavy atom. The second-order valence-electron chi connectivity index (χ2n) is 4.00. The van der Waals surface area contributed by atoms with Crippen LogP contribution in [-0.4, -0.2) is 46.5 Å². The first-order valence-electron chi connectivity index (χ1n) is 5.50. The summed E-state index contributed by atoms with van der Waals surface area (Å²) in [7, 11) is 0. The summed E-state index contributed by atoms with van der Waals surface area (Å²) in [5, 5.41) is 28.2. The predicted molar refractivity (Wildman–Crippen MR) is 59.0 cm³/mol. The lowest BCUT2D eigenvalue weighted by atomic mass is 10.1. The van der Waals surface area contributed by atoms with Crippen LogP contribution in [0.15, 0.2) is 30.3 Å². The lowest BCUT2D eigenvalue weighted by Crippen LogP contribution is -2.36. The van der Waals surface area contributed by atoms with Crippen LogP contribution in [0.5, 0.6) is 0 Å². The zero-order chi connectivity index (χ0) is 12.3. The molecular formula is C12H16O5. The Balaban J connectivity index is 1.91. The Bertz CT molecular complexity index is 342. The summed E-state index contributed by atoms with van der Waals surface area (Å²) in [6.07, 6.45) is -3.83.